The summed E-state index contributed by atoms with van der Waals surface area (Å²) in [6, 6.07) is 5.42. The molecule has 0 spiro atoms. The zero-order valence-electron chi connectivity index (χ0n) is 12.6. The SMILES string of the molecule is Cn1cc2c(nc1=O)Nc1c(OCCNC(N)N)cccc1O2. The monoisotopic (exact) mass is 318 g/mol. The van der Waals surface area contributed by atoms with Gasteiger partial charge in [-0.3, -0.25) is 9.88 Å². The minimum Gasteiger partial charge on any atom is -0.490 e. The molecule has 3 rings (SSSR count). The lowest BCUT2D eigenvalue weighted by atomic mass is 10.2. The molecule has 2 aromatic rings. The molecule has 23 heavy (non-hydrogen) atoms. The van der Waals surface area contributed by atoms with E-state index in [1.807, 2.05) is 6.07 Å². The predicted molar refractivity (Wildman–Crippen MR) is 84.9 cm³/mol. The number of nitrogens with one attached hydrogen (secondary N) is 2. The van der Waals surface area contributed by atoms with Crippen molar-refractivity contribution in [3.63, 3.8) is 0 Å². The molecule has 0 atom stereocenters. The molecule has 0 radical (unpaired) electrons. The second-order valence-corrected chi connectivity index (χ2v) is 5.03. The number of hydrogen-bond donors (Lipinski definition) is 4. The fourth-order valence-corrected chi connectivity index (χ4v) is 2.15. The standard InChI is InChI=1S/C14H18N6O3/c1-20-7-10-12(19-14(20)21)18-11-8(3-2-4-9(11)23-10)22-6-5-17-13(15)16/h2-4,7,13,17H,5-6,15-16H2,1H3,(H,18,19,21). The normalized spacial score (nSPS) is 12.2. The van der Waals surface area contributed by atoms with E-state index in [0.717, 1.165) is 0 Å². The molecule has 0 saturated carbocycles. The van der Waals surface area contributed by atoms with Crippen molar-refractivity contribution in [1.29, 1.82) is 0 Å². The van der Waals surface area contributed by atoms with E-state index < -0.39 is 6.29 Å². The van der Waals surface area contributed by atoms with Crippen LogP contribution < -0.4 is 37.3 Å². The lowest BCUT2D eigenvalue weighted by Gasteiger charge is -2.23. The van der Waals surface area contributed by atoms with E-state index in [2.05, 4.69) is 15.6 Å². The fourth-order valence-electron chi connectivity index (χ4n) is 2.15. The average Bonchev–Trinajstić information content (AvgIpc) is 2.51. The van der Waals surface area contributed by atoms with Crippen LogP contribution in [0.3, 0.4) is 0 Å². The molecule has 0 aliphatic carbocycles. The number of para-hydroxylation sites is 1. The molecule has 2 heterocycles. The van der Waals surface area contributed by atoms with Crippen LogP contribution in [0, 0.1) is 0 Å². The maximum Gasteiger partial charge on any atom is 0.349 e. The number of rotatable bonds is 5. The first-order chi connectivity index (χ1) is 11.0. The van der Waals surface area contributed by atoms with Gasteiger partial charge >= 0.3 is 5.69 Å². The van der Waals surface area contributed by atoms with Crippen LogP contribution >= 0.6 is 0 Å². The first kappa shape index (κ1) is 15.3. The number of ether oxygens (including phenoxy) is 2. The first-order valence-electron chi connectivity index (χ1n) is 7.07. The molecule has 0 unspecified atom stereocenters. The van der Waals surface area contributed by atoms with E-state index in [9.17, 15) is 4.79 Å². The van der Waals surface area contributed by atoms with Crippen molar-refractivity contribution in [2.45, 2.75) is 6.29 Å². The second-order valence-electron chi connectivity index (χ2n) is 5.03. The molecule has 6 N–H and O–H groups in total. The number of benzene rings is 1. The first-order valence-corrected chi connectivity index (χ1v) is 7.07. The summed E-state index contributed by atoms with van der Waals surface area (Å²) in [6.45, 7) is 0.872. The van der Waals surface area contributed by atoms with Crippen molar-refractivity contribution in [1.82, 2.24) is 14.9 Å². The van der Waals surface area contributed by atoms with E-state index in [4.69, 9.17) is 20.9 Å². The number of hydrogen-bond acceptors (Lipinski definition) is 8. The third-order valence-electron chi connectivity index (χ3n) is 3.24. The van der Waals surface area contributed by atoms with Crippen molar-refractivity contribution in [3.05, 3.63) is 34.9 Å². The average molecular weight is 318 g/mol. The molecule has 122 valence electrons. The van der Waals surface area contributed by atoms with Crippen molar-refractivity contribution in [2.24, 2.45) is 18.5 Å². The molecule has 1 aromatic heterocycles. The van der Waals surface area contributed by atoms with Crippen LogP contribution in [0.15, 0.2) is 29.2 Å². The summed E-state index contributed by atoms with van der Waals surface area (Å²) < 4.78 is 12.8. The number of nitrogens with zero attached hydrogens (tertiary/aromatic N) is 2. The Hall–Kier alpha value is -2.62. The maximum atomic E-state index is 11.7. The molecule has 9 heteroatoms. The summed E-state index contributed by atoms with van der Waals surface area (Å²) in [7, 11) is 1.61. The van der Waals surface area contributed by atoms with Crippen LogP contribution in [0.25, 0.3) is 0 Å². The molecule has 1 aliphatic rings. The third kappa shape index (κ3) is 3.26. The highest BCUT2D eigenvalue weighted by atomic mass is 16.5. The van der Waals surface area contributed by atoms with E-state index >= 15 is 0 Å². The van der Waals surface area contributed by atoms with Crippen molar-refractivity contribution < 1.29 is 9.47 Å². The molecular formula is C14H18N6O3. The highest BCUT2D eigenvalue weighted by Gasteiger charge is 2.22. The Kier molecular flexibility index (Phi) is 4.15. The highest BCUT2D eigenvalue weighted by molar-refractivity contribution is 5.77. The van der Waals surface area contributed by atoms with Gasteiger partial charge in [0.1, 0.15) is 24.3 Å². The number of fused-ring (bicyclic) bond motifs is 2. The van der Waals surface area contributed by atoms with Crippen LogP contribution in [-0.2, 0) is 7.05 Å². The summed E-state index contributed by atoms with van der Waals surface area (Å²) in [5.41, 5.74) is 11.1. The Morgan fingerprint density at radius 2 is 2.26 bits per heavy atom. The van der Waals surface area contributed by atoms with Gasteiger partial charge in [0.2, 0.25) is 0 Å². The van der Waals surface area contributed by atoms with Gasteiger partial charge in [-0.25, -0.2) is 4.79 Å². The Bertz CT molecular complexity index is 774. The largest absolute Gasteiger partial charge is 0.490 e. The molecule has 1 aromatic carbocycles. The summed E-state index contributed by atoms with van der Waals surface area (Å²) >= 11 is 0. The number of anilines is 2. The maximum absolute atomic E-state index is 11.7. The van der Waals surface area contributed by atoms with Gasteiger partial charge in [0.05, 0.1) is 6.20 Å². The summed E-state index contributed by atoms with van der Waals surface area (Å²) in [5, 5.41) is 5.93. The zero-order valence-corrected chi connectivity index (χ0v) is 12.6. The molecule has 0 fully saturated rings. The Morgan fingerprint density at radius 3 is 3.04 bits per heavy atom. The Balaban J connectivity index is 1.80. The van der Waals surface area contributed by atoms with Crippen LogP contribution in [0.2, 0.25) is 0 Å². The number of aryl methyl sites for hydroxylation is 1. The number of nitrogens with two attached hydrogens (primary N) is 2. The van der Waals surface area contributed by atoms with Crippen LogP contribution in [0.5, 0.6) is 17.2 Å². The zero-order chi connectivity index (χ0) is 16.4. The van der Waals surface area contributed by atoms with Gasteiger partial charge in [-0.15, -0.1) is 0 Å². The van der Waals surface area contributed by atoms with Crippen molar-refractivity contribution in [3.8, 4) is 17.2 Å². The van der Waals surface area contributed by atoms with E-state index in [1.165, 1.54) is 4.57 Å². The highest BCUT2D eigenvalue weighted by Crippen LogP contribution is 2.44. The van der Waals surface area contributed by atoms with Gasteiger partial charge in [-0.2, -0.15) is 4.98 Å². The lowest BCUT2D eigenvalue weighted by Crippen LogP contribution is -2.46. The van der Waals surface area contributed by atoms with Crippen LogP contribution in [0.1, 0.15) is 0 Å². The van der Waals surface area contributed by atoms with Crippen LogP contribution in [0.4, 0.5) is 11.5 Å². The Labute approximate surface area is 132 Å². The topological polar surface area (TPSA) is 129 Å². The third-order valence-corrected chi connectivity index (χ3v) is 3.24. The van der Waals surface area contributed by atoms with Gasteiger partial charge in [-0.1, -0.05) is 6.07 Å². The van der Waals surface area contributed by atoms with Crippen molar-refractivity contribution >= 4 is 11.5 Å². The van der Waals surface area contributed by atoms with Crippen molar-refractivity contribution in [2.75, 3.05) is 18.5 Å². The summed E-state index contributed by atoms with van der Waals surface area (Å²) in [6.07, 6.45) is 0.998. The molecule has 0 saturated heterocycles. The smallest absolute Gasteiger partial charge is 0.349 e. The molecular weight excluding hydrogens is 300 g/mol. The van der Waals surface area contributed by atoms with E-state index in [1.54, 1.807) is 25.4 Å². The van der Waals surface area contributed by atoms with Crippen LogP contribution in [-0.4, -0.2) is 29.0 Å². The molecule has 0 amide bonds. The summed E-state index contributed by atoms with van der Waals surface area (Å²) in [4.78, 5) is 15.6. The van der Waals surface area contributed by atoms with Gasteiger partial charge in [0, 0.05) is 13.6 Å². The van der Waals surface area contributed by atoms with Gasteiger partial charge in [-0.05, 0) is 12.1 Å². The minimum atomic E-state index is -0.586. The quantitative estimate of drug-likeness (QED) is 0.376. The second kappa shape index (κ2) is 6.24. The van der Waals surface area contributed by atoms with E-state index in [0.29, 0.717) is 41.9 Å². The Morgan fingerprint density at radius 1 is 1.43 bits per heavy atom. The van der Waals surface area contributed by atoms with E-state index in [-0.39, 0.29) is 5.69 Å². The van der Waals surface area contributed by atoms with Gasteiger partial charge in [0.15, 0.2) is 17.3 Å². The minimum absolute atomic E-state index is 0.360. The summed E-state index contributed by atoms with van der Waals surface area (Å²) in [5.74, 6) is 2.02. The fraction of sp³-hybridized carbons (Fsp3) is 0.286. The van der Waals surface area contributed by atoms with Gasteiger partial charge < -0.3 is 26.3 Å². The molecule has 1 aliphatic heterocycles. The van der Waals surface area contributed by atoms with Gasteiger partial charge in [0.25, 0.3) is 0 Å². The lowest BCUT2D eigenvalue weighted by molar-refractivity contribution is 0.306. The molecule has 0 bridgehead atoms. The molecule has 9 nitrogen and oxygen atoms in total. The number of aromatic nitrogens is 2. The predicted octanol–water partition coefficient (Wildman–Crippen LogP) is -0.201.